The third-order valence-electron chi connectivity index (χ3n) is 5.56. The monoisotopic (exact) mass is 565 g/mol. The molecule has 2 aromatic heterocycles. The number of halogens is 1. The van der Waals surface area contributed by atoms with E-state index in [1.165, 1.54) is 15.8 Å². The fourth-order valence-corrected chi connectivity index (χ4v) is 4.59. The zero-order valence-corrected chi connectivity index (χ0v) is 22.4. The van der Waals surface area contributed by atoms with Crippen LogP contribution in [-0.4, -0.2) is 72.0 Å². The van der Waals surface area contributed by atoms with Crippen LogP contribution in [0.2, 0.25) is 0 Å². The van der Waals surface area contributed by atoms with E-state index in [2.05, 4.69) is 33.5 Å². The minimum Gasteiger partial charge on any atom is -0.497 e. The molecule has 4 N–H and O–H groups in total. The van der Waals surface area contributed by atoms with Gasteiger partial charge in [0.05, 0.1) is 26.3 Å². The van der Waals surface area contributed by atoms with Gasteiger partial charge in [0.1, 0.15) is 11.6 Å². The van der Waals surface area contributed by atoms with E-state index in [4.69, 9.17) is 25.2 Å². The Morgan fingerprint density at radius 2 is 1.79 bits per heavy atom. The van der Waals surface area contributed by atoms with Crippen LogP contribution >= 0.6 is 11.3 Å². The molecule has 0 spiro atoms. The van der Waals surface area contributed by atoms with E-state index in [9.17, 15) is 18.8 Å². The first-order valence-electron chi connectivity index (χ1n) is 11.9. The summed E-state index contributed by atoms with van der Waals surface area (Å²) in [5.74, 6) is -4.52. The van der Waals surface area contributed by atoms with Gasteiger partial charge in [0.2, 0.25) is 0 Å². The number of rotatable bonds is 14. The highest BCUT2D eigenvalue weighted by atomic mass is 32.1. The van der Waals surface area contributed by atoms with Gasteiger partial charge < -0.3 is 29.7 Å². The molecule has 1 aromatic carbocycles. The Morgan fingerprint density at radius 1 is 1.10 bits per heavy atom. The zero-order chi connectivity index (χ0) is 29.0. The molecule has 11 nitrogen and oxygen atoms in total. The molecule has 212 valence electrons. The van der Waals surface area contributed by atoms with Gasteiger partial charge in [-0.25, -0.2) is 14.2 Å². The van der Waals surface area contributed by atoms with E-state index in [1.54, 1.807) is 36.8 Å². The van der Waals surface area contributed by atoms with Crippen LogP contribution in [0, 0.1) is 12.7 Å². The third kappa shape index (κ3) is 10.8. The fourth-order valence-electron chi connectivity index (χ4n) is 3.65. The van der Waals surface area contributed by atoms with E-state index in [0.29, 0.717) is 17.9 Å². The quantitative estimate of drug-likeness (QED) is 0.228. The highest BCUT2D eigenvalue weighted by Gasteiger charge is 2.40. The Labute approximate surface area is 228 Å². The number of aromatic nitrogens is 2. The van der Waals surface area contributed by atoms with Crippen LogP contribution in [-0.2, 0) is 34.0 Å². The number of aryl methyl sites for hydroxylation is 2. The number of carbonyl (C=O) groups is 3. The second kappa shape index (κ2) is 15.0. The van der Waals surface area contributed by atoms with Crippen molar-refractivity contribution in [2.24, 2.45) is 0 Å². The number of methoxy groups -OCH3 is 1. The largest absolute Gasteiger partial charge is 0.497 e. The minimum atomic E-state index is -2.74. The first-order valence-corrected chi connectivity index (χ1v) is 12.7. The molecular weight excluding hydrogens is 533 g/mol. The van der Waals surface area contributed by atoms with Crippen LogP contribution in [0.4, 0.5) is 4.39 Å². The number of carboxylic acid groups (broad SMARTS) is 3. The lowest BCUT2D eigenvalue weighted by Crippen LogP contribution is -2.42. The second-order valence-electron chi connectivity index (χ2n) is 8.81. The summed E-state index contributed by atoms with van der Waals surface area (Å²) in [5, 5.41) is 33.8. The Bertz CT molecular complexity index is 1220. The van der Waals surface area contributed by atoms with E-state index in [0.717, 1.165) is 26.1 Å². The summed E-state index contributed by atoms with van der Waals surface area (Å²) in [4.78, 5) is 39.4. The van der Waals surface area contributed by atoms with Crippen molar-refractivity contribution in [1.82, 2.24) is 14.5 Å². The van der Waals surface area contributed by atoms with Crippen LogP contribution < -0.4 is 4.74 Å². The van der Waals surface area contributed by atoms with Gasteiger partial charge >= 0.3 is 17.9 Å². The molecule has 0 radical (unpaired) electrons. The molecule has 0 amide bonds. The number of imidazole rings is 1. The van der Waals surface area contributed by atoms with Crippen LogP contribution in [0.25, 0.3) is 0 Å². The lowest BCUT2D eigenvalue weighted by atomic mass is 9.96. The first kappa shape index (κ1) is 31.4. The highest BCUT2D eigenvalue weighted by Crippen LogP contribution is 2.22. The number of carboxylic acids is 3. The molecule has 0 aliphatic heterocycles. The Morgan fingerprint density at radius 3 is 2.31 bits per heavy atom. The number of aliphatic hydroxyl groups is 1. The SMILES string of the molecule is COc1ccc(F)c(CN(CCCn2ccnc2)Cc2ccc(C)s2)c1.O=C(O)CC(O)(CC(=O)O)C(=O)O. The zero-order valence-electron chi connectivity index (χ0n) is 21.6. The number of hydrogen-bond acceptors (Lipinski definition) is 8. The number of aliphatic carboxylic acids is 3. The molecule has 2 heterocycles. The maximum Gasteiger partial charge on any atom is 0.336 e. The van der Waals surface area contributed by atoms with Gasteiger partial charge in [0, 0.05) is 53.9 Å². The van der Waals surface area contributed by atoms with Gasteiger partial charge in [-0.1, -0.05) is 0 Å². The molecule has 13 heteroatoms. The topological polar surface area (TPSA) is 162 Å². The molecule has 0 aliphatic rings. The van der Waals surface area contributed by atoms with Crippen molar-refractivity contribution in [3.05, 3.63) is 70.2 Å². The smallest absolute Gasteiger partial charge is 0.336 e. The second-order valence-corrected chi connectivity index (χ2v) is 10.2. The van der Waals surface area contributed by atoms with E-state index < -0.39 is 36.4 Å². The summed E-state index contributed by atoms with van der Waals surface area (Å²) in [7, 11) is 1.61. The van der Waals surface area contributed by atoms with E-state index >= 15 is 0 Å². The number of nitrogens with zero attached hydrogens (tertiary/aromatic N) is 3. The number of benzene rings is 1. The Hall–Kier alpha value is -3.81. The summed E-state index contributed by atoms with van der Waals surface area (Å²) < 4.78 is 21.6. The first-order chi connectivity index (χ1) is 18.4. The molecule has 3 aromatic rings. The average Bonchev–Trinajstić information content (AvgIpc) is 3.51. The van der Waals surface area contributed by atoms with Gasteiger partial charge in [0.25, 0.3) is 0 Å². The van der Waals surface area contributed by atoms with Crippen LogP contribution in [0.5, 0.6) is 5.75 Å². The predicted molar refractivity (Wildman–Crippen MR) is 140 cm³/mol. The van der Waals surface area contributed by atoms with Gasteiger partial charge in [-0.05, 0) is 43.7 Å². The number of ether oxygens (including phenoxy) is 1. The highest BCUT2D eigenvalue weighted by molar-refractivity contribution is 7.11. The molecule has 0 bridgehead atoms. The summed E-state index contributed by atoms with van der Waals surface area (Å²) in [6.07, 6.45) is 4.27. The van der Waals surface area contributed by atoms with Gasteiger partial charge in [-0.15, -0.1) is 11.3 Å². The Kier molecular flexibility index (Phi) is 12.0. The van der Waals surface area contributed by atoms with Crippen molar-refractivity contribution in [2.75, 3.05) is 13.7 Å². The average molecular weight is 566 g/mol. The summed E-state index contributed by atoms with van der Waals surface area (Å²) in [5.41, 5.74) is -2.07. The normalized spacial score (nSPS) is 11.1. The van der Waals surface area contributed by atoms with E-state index in [1.807, 2.05) is 12.5 Å². The lowest BCUT2D eigenvalue weighted by Gasteiger charge is -2.22. The van der Waals surface area contributed by atoms with Crippen LogP contribution in [0.1, 0.15) is 34.6 Å². The van der Waals surface area contributed by atoms with Crippen molar-refractivity contribution in [3.8, 4) is 5.75 Å². The van der Waals surface area contributed by atoms with Crippen molar-refractivity contribution in [1.29, 1.82) is 0 Å². The molecule has 0 fully saturated rings. The maximum atomic E-state index is 14.3. The number of thiophene rings is 1. The van der Waals surface area contributed by atoms with Gasteiger partial charge in [-0.2, -0.15) is 0 Å². The maximum absolute atomic E-state index is 14.3. The van der Waals surface area contributed by atoms with Crippen LogP contribution in [0.15, 0.2) is 49.1 Å². The lowest BCUT2D eigenvalue weighted by molar-refractivity contribution is -0.170. The Balaban J connectivity index is 0.000000349. The summed E-state index contributed by atoms with van der Waals surface area (Å²) in [6, 6.07) is 9.22. The molecule has 0 aliphatic carbocycles. The van der Waals surface area contributed by atoms with Crippen molar-refractivity contribution in [2.45, 2.75) is 51.4 Å². The molecule has 0 unspecified atom stereocenters. The van der Waals surface area contributed by atoms with Crippen molar-refractivity contribution >= 4 is 29.2 Å². The van der Waals surface area contributed by atoms with Crippen LogP contribution in [0.3, 0.4) is 0 Å². The standard InChI is InChI=1S/C20H24FN3OS.C6H8O7/c1-16-4-6-19(26-16)14-24(10-3-9-23-11-8-22-15-23)13-17-12-18(25-2)5-7-20(17)21;7-3(8)1-6(13,5(11)12)2-4(9)10/h4-8,11-12,15H,3,9-10,13-14H2,1-2H3;13H,1-2H2,(H,7,8)(H,9,10)(H,11,12). The third-order valence-corrected chi connectivity index (χ3v) is 6.54. The summed E-state index contributed by atoms with van der Waals surface area (Å²) in [6.45, 7) is 5.27. The fraction of sp³-hybridized carbons (Fsp3) is 0.385. The molecule has 0 saturated carbocycles. The molecule has 39 heavy (non-hydrogen) atoms. The van der Waals surface area contributed by atoms with Gasteiger partial charge in [0.15, 0.2) is 5.60 Å². The summed E-state index contributed by atoms with van der Waals surface area (Å²) >= 11 is 1.79. The minimum absolute atomic E-state index is 0.187. The predicted octanol–water partition coefficient (Wildman–Crippen LogP) is 3.24. The van der Waals surface area contributed by atoms with Crippen molar-refractivity contribution < 1.29 is 43.9 Å². The van der Waals surface area contributed by atoms with Gasteiger partial charge in [-0.3, -0.25) is 14.5 Å². The van der Waals surface area contributed by atoms with Crippen molar-refractivity contribution in [3.63, 3.8) is 0 Å². The molecular formula is C26H32FN3O8S. The molecule has 3 rings (SSSR count). The van der Waals surface area contributed by atoms with E-state index in [-0.39, 0.29) is 5.82 Å². The molecule has 0 atom stereocenters. The molecule has 0 saturated heterocycles. The number of hydrogen-bond donors (Lipinski definition) is 4.